The lowest BCUT2D eigenvalue weighted by atomic mass is 10.6. The Hall–Kier alpha value is -1.61. The number of rotatable bonds is 3. The van der Waals surface area contributed by atoms with Crippen molar-refractivity contribution in [1.82, 2.24) is 9.97 Å². The fraction of sp³-hybridized carbons (Fsp3) is 0.250. The molecule has 92 valence electrons. The minimum atomic E-state index is -3.83. The van der Waals surface area contributed by atoms with Gasteiger partial charge in [-0.15, -0.1) is 0 Å². The zero-order chi connectivity index (χ0) is 12.6. The van der Waals surface area contributed by atoms with E-state index in [0.717, 1.165) is 0 Å². The van der Waals surface area contributed by atoms with Gasteiger partial charge in [-0.1, -0.05) is 11.3 Å². The van der Waals surface area contributed by atoms with E-state index < -0.39 is 14.9 Å². The van der Waals surface area contributed by atoms with Crippen LogP contribution in [0.3, 0.4) is 0 Å². The fourth-order valence-corrected chi connectivity index (χ4v) is 3.45. The maximum absolute atomic E-state index is 11.9. The van der Waals surface area contributed by atoms with Gasteiger partial charge in [0, 0.05) is 5.69 Å². The summed E-state index contributed by atoms with van der Waals surface area (Å²) < 4.78 is 30.7. The Bertz CT molecular complexity index is 694. The van der Waals surface area contributed by atoms with Crippen molar-refractivity contribution in [1.29, 1.82) is 0 Å². The van der Waals surface area contributed by atoms with E-state index in [2.05, 4.69) is 14.7 Å². The van der Waals surface area contributed by atoms with E-state index in [9.17, 15) is 13.2 Å². The van der Waals surface area contributed by atoms with Crippen LogP contribution in [0.4, 0.5) is 6.01 Å². The number of anilines is 1. The van der Waals surface area contributed by atoms with E-state index in [4.69, 9.17) is 4.42 Å². The normalized spacial score (nSPS) is 11.6. The standard InChI is InChI=1S/C8H9N3O4S2/c1-4-3-15-7(9-4)11-17(13,14)6-5(2)10-8(12)16-6/h3H,1-2H3,(H,9,11)(H,10,12). The van der Waals surface area contributed by atoms with Crippen molar-refractivity contribution in [3.63, 3.8) is 0 Å². The highest BCUT2D eigenvalue weighted by molar-refractivity contribution is 7.94. The highest BCUT2D eigenvalue weighted by Gasteiger charge is 2.22. The van der Waals surface area contributed by atoms with Gasteiger partial charge in [-0.25, -0.2) is 13.1 Å². The molecule has 0 aliphatic heterocycles. The van der Waals surface area contributed by atoms with Gasteiger partial charge in [0.25, 0.3) is 10.0 Å². The van der Waals surface area contributed by atoms with Gasteiger partial charge in [0.05, 0.1) is 5.69 Å². The van der Waals surface area contributed by atoms with Gasteiger partial charge in [-0.05, 0) is 13.8 Å². The minimum Gasteiger partial charge on any atom is -0.431 e. The van der Waals surface area contributed by atoms with E-state index in [1.807, 2.05) is 0 Å². The average Bonchev–Trinajstić information content (AvgIpc) is 2.72. The molecule has 0 aliphatic rings. The van der Waals surface area contributed by atoms with Gasteiger partial charge in [-0.2, -0.15) is 4.98 Å². The minimum absolute atomic E-state index is 0.0710. The van der Waals surface area contributed by atoms with Crippen LogP contribution in [-0.4, -0.2) is 18.4 Å². The van der Waals surface area contributed by atoms with Crippen molar-refractivity contribution >= 4 is 27.4 Å². The molecule has 2 N–H and O–H groups in total. The molecule has 0 spiro atoms. The van der Waals surface area contributed by atoms with Gasteiger partial charge in [0.1, 0.15) is 6.26 Å². The average molecular weight is 275 g/mol. The SMILES string of the molecule is Cc1coc(NS(=O)(=O)c2sc(=O)[nH]c2C)n1. The summed E-state index contributed by atoms with van der Waals surface area (Å²) >= 11 is 0.616. The number of oxazole rings is 1. The van der Waals surface area contributed by atoms with Gasteiger partial charge in [0.2, 0.25) is 0 Å². The Morgan fingerprint density at radius 2 is 2.18 bits per heavy atom. The lowest BCUT2D eigenvalue weighted by Crippen LogP contribution is -2.12. The van der Waals surface area contributed by atoms with Crippen LogP contribution in [0, 0.1) is 13.8 Å². The Balaban J connectivity index is 2.37. The molecular formula is C8H9N3O4S2. The summed E-state index contributed by atoms with van der Waals surface area (Å²) in [6.07, 6.45) is 1.32. The Kier molecular flexibility index (Phi) is 2.79. The summed E-state index contributed by atoms with van der Waals surface area (Å²) in [5.41, 5.74) is 0.845. The van der Waals surface area contributed by atoms with Crippen LogP contribution in [0.1, 0.15) is 11.4 Å². The quantitative estimate of drug-likeness (QED) is 0.863. The highest BCUT2D eigenvalue weighted by Crippen LogP contribution is 2.19. The monoisotopic (exact) mass is 275 g/mol. The molecule has 0 saturated heterocycles. The second-order valence-corrected chi connectivity index (χ2v) is 6.19. The van der Waals surface area contributed by atoms with E-state index in [1.165, 1.54) is 13.2 Å². The first kappa shape index (κ1) is 11.9. The third-order valence-electron chi connectivity index (χ3n) is 1.87. The summed E-state index contributed by atoms with van der Waals surface area (Å²) in [5.74, 6) is 0. The van der Waals surface area contributed by atoms with Crippen molar-refractivity contribution in [3.8, 4) is 0 Å². The van der Waals surface area contributed by atoms with E-state index in [0.29, 0.717) is 17.0 Å². The third-order valence-corrected chi connectivity index (χ3v) is 4.79. The van der Waals surface area contributed by atoms with Crippen molar-refractivity contribution in [3.05, 3.63) is 27.3 Å². The lowest BCUT2D eigenvalue weighted by Gasteiger charge is -2.01. The van der Waals surface area contributed by atoms with E-state index >= 15 is 0 Å². The molecule has 0 fully saturated rings. The smallest absolute Gasteiger partial charge is 0.309 e. The molecule has 2 rings (SSSR count). The van der Waals surface area contributed by atoms with E-state index in [-0.39, 0.29) is 15.9 Å². The molecule has 7 nitrogen and oxygen atoms in total. The molecular weight excluding hydrogens is 266 g/mol. The Morgan fingerprint density at radius 3 is 2.65 bits per heavy atom. The zero-order valence-corrected chi connectivity index (χ0v) is 10.6. The van der Waals surface area contributed by atoms with Gasteiger partial charge in [-0.3, -0.25) is 4.79 Å². The summed E-state index contributed by atoms with van der Waals surface area (Å²) in [5, 5.41) is 0. The van der Waals surface area contributed by atoms with E-state index in [1.54, 1.807) is 6.92 Å². The summed E-state index contributed by atoms with van der Waals surface area (Å²) in [7, 11) is -3.83. The topological polar surface area (TPSA) is 105 Å². The predicted molar refractivity (Wildman–Crippen MR) is 61.7 cm³/mol. The molecule has 0 unspecified atom stereocenters. The molecule has 0 bridgehead atoms. The van der Waals surface area contributed by atoms with Crippen LogP contribution >= 0.6 is 11.3 Å². The van der Waals surface area contributed by atoms with Crippen molar-refractivity contribution in [2.45, 2.75) is 18.1 Å². The molecule has 2 aromatic rings. The summed E-state index contributed by atoms with van der Waals surface area (Å²) in [6, 6.07) is -0.122. The first-order valence-electron chi connectivity index (χ1n) is 4.53. The third kappa shape index (κ3) is 2.39. The molecule has 0 aliphatic carbocycles. The second-order valence-electron chi connectivity index (χ2n) is 3.33. The number of nitrogens with zero attached hydrogens (tertiary/aromatic N) is 1. The molecule has 17 heavy (non-hydrogen) atoms. The molecule has 0 saturated carbocycles. The summed E-state index contributed by atoms with van der Waals surface area (Å²) in [6.45, 7) is 3.18. The van der Waals surface area contributed by atoms with Crippen LogP contribution < -0.4 is 9.60 Å². The van der Waals surface area contributed by atoms with Gasteiger partial charge < -0.3 is 9.40 Å². The summed E-state index contributed by atoms with van der Waals surface area (Å²) in [4.78, 5) is 16.8. The molecule has 2 heterocycles. The number of thiazole rings is 1. The van der Waals surface area contributed by atoms with Crippen molar-refractivity contribution in [2.75, 3.05) is 4.72 Å². The number of nitrogens with one attached hydrogen (secondary N) is 2. The number of sulfonamides is 1. The lowest BCUT2D eigenvalue weighted by molar-refractivity contribution is 0.570. The highest BCUT2D eigenvalue weighted by atomic mass is 32.2. The Morgan fingerprint density at radius 1 is 1.47 bits per heavy atom. The number of aryl methyl sites for hydroxylation is 2. The number of H-pyrrole nitrogens is 1. The maximum Gasteiger partial charge on any atom is 0.309 e. The number of hydrogen-bond acceptors (Lipinski definition) is 6. The molecule has 0 radical (unpaired) electrons. The zero-order valence-electron chi connectivity index (χ0n) is 8.97. The van der Waals surface area contributed by atoms with Crippen molar-refractivity contribution in [2.24, 2.45) is 0 Å². The number of hydrogen-bond donors (Lipinski definition) is 2. The molecule has 0 atom stereocenters. The first-order valence-corrected chi connectivity index (χ1v) is 6.83. The molecule has 9 heteroatoms. The number of aromatic amines is 1. The molecule has 0 amide bonds. The fourth-order valence-electron chi connectivity index (χ4n) is 1.21. The number of aromatic nitrogens is 2. The second kappa shape index (κ2) is 4.00. The van der Waals surface area contributed by atoms with Crippen LogP contribution in [0.15, 0.2) is 19.7 Å². The van der Waals surface area contributed by atoms with Crippen LogP contribution in [0.25, 0.3) is 0 Å². The molecule has 2 aromatic heterocycles. The first-order chi connectivity index (χ1) is 7.88. The van der Waals surface area contributed by atoms with Gasteiger partial charge >= 0.3 is 10.9 Å². The molecule has 0 aromatic carbocycles. The van der Waals surface area contributed by atoms with Crippen LogP contribution in [-0.2, 0) is 10.0 Å². The Labute approximate surface area is 101 Å². The van der Waals surface area contributed by atoms with Gasteiger partial charge in [0.15, 0.2) is 4.21 Å². The van der Waals surface area contributed by atoms with Crippen molar-refractivity contribution < 1.29 is 12.8 Å². The van der Waals surface area contributed by atoms with Crippen LogP contribution in [0.5, 0.6) is 0 Å². The van der Waals surface area contributed by atoms with Crippen LogP contribution in [0.2, 0.25) is 0 Å². The maximum atomic E-state index is 11.9. The predicted octanol–water partition coefficient (Wildman–Crippen LogP) is 0.842. The largest absolute Gasteiger partial charge is 0.431 e.